The highest BCUT2D eigenvalue weighted by Crippen LogP contribution is 2.40. The molecule has 28 heavy (non-hydrogen) atoms. The molecule has 0 aliphatic heterocycles. The van der Waals surface area contributed by atoms with E-state index in [1.807, 2.05) is 30.3 Å². The molecule has 6 nitrogen and oxygen atoms in total. The van der Waals surface area contributed by atoms with E-state index < -0.39 is 0 Å². The monoisotopic (exact) mass is 393 g/mol. The molecule has 0 amide bonds. The predicted octanol–water partition coefficient (Wildman–Crippen LogP) is 4.57. The zero-order chi connectivity index (χ0) is 19.7. The number of halogens is 1. The van der Waals surface area contributed by atoms with Crippen LogP contribution in [0.2, 0.25) is 5.02 Å². The number of aldehydes is 1. The lowest BCUT2D eigenvalue weighted by molar-refractivity contribution is 0.111. The van der Waals surface area contributed by atoms with Gasteiger partial charge in [-0.3, -0.25) is 9.78 Å². The van der Waals surface area contributed by atoms with Crippen LogP contribution < -0.4 is 9.47 Å². The smallest absolute Gasteiger partial charge is 0.170 e. The van der Waals surface area contributed by atoms with Crippen LogP contribution in [0.3, 0.4) is 0 Å². The van der Waals surface area contributed by atoms with Crippen molar-refractivity contribution in [2.45, 2.75) is 0 Å². The Morgan fingerprint density at radius 3 is 2.46 bits per heavy atom. The molecule has 0 spiro atoms. The summed E-state index contributed by atoms with van der Waals surface area (Å²) >= 11 is 6.11. The normalized spacial score (nSPS) is 10.8. The zero-order valence-corrected chi connectivity index (χ0v) is 16.0. The highest BCUT2D eigenvalue weighted by molar-refractivity contribution is 6.31. The minimum atomic E-state index is 0.293. The molecule has 2 aromatic carbocycles. The van der Waals surface area contributed by atoms with Crippen LogP contribution in [-0.4, -0.2) is 35.3 Å². The molecule has 140 valence electrons. The first-order valence-electron chi connectivity index (χ1n) is 8.47. The number of hydrogen-bond acceptors (Lipinski definition) is 5. The van der Waals surface area contributed by atoms with Gasteiger partial charge in [-0.25, -0.2) is 4.68 Å². The van der Waals surface area contributed by atoms with Gasteiger partial charge in [0.2, 0.25) is 0 Å². The first-order chi connectivity index (χ1) is 13.7. The molecule has 0 radical (unpaired) electrons. The van der Waals surface area contributed by atoms with Gasteiger partial charge in [0.15, 0.2) is 6.29 Å². The summed E-state index contributed by atoms with van der Waals surface area (Å²) in [5.41, 5.74) is 3.15. The number of methoxy groups -OCH3 is 2. The zero-order valence-electron chi connectivity index (χ0n) is 15.2. The number of hydrogen-bond donors (Lipinski definition) is 0. The van der Waals surface area contributed by atoms with Gasteiger partial charge in [0.05, 0.1) is 36.7 Å². The second kappa shape index (κ2) is 7.32. The number of fused-ring (bicyclic) bond motifs is 1. The number of rotatable bonds is 5. The van der Waals surface area contributed by atoms with Crippen LogP contribution in [-0.2, 0) is 0 Å². The van der Waals surface area contributed by atoms with E-state index in [0.717, 1.165) is 16.6 Å². The van der Waals surface area contributed by atoms with Crippen molar-refractivity contribution in [1.82, 2.24) is 14.8 Å². The Morgan fingerprint density at radius 1 is 1.04 bits per heavy atom. The van der Waals surface area contributed by atoms with Crippen molar-refractivity contribution in [2.75, 3.05) is 14.2 Å². The van der Waals surface area contributed by atoms with Gasteiger partial charge in [0.1, 0.15) is 17.2 Å². The molecule has 0 saturated carbocycles. The number of nitrogens with zero attached hydrogens (tertiary/aromatic N) is 3. The SMILES string of the molecule is COc1cccc(OC)c1-c1cc(C=O)nn1-c1ccnc2cc(Cl)ccc12. The van der Waals surface area contributed by atoms with Crippen LogP contribution in [0.5, 0.6) is 11.5 Å². The lowest BCUT2D eigenvalue weighted by Crippen LogP contribution is -2.03. The average molecular weight is 394 g/mol. The maximum atomic E-state index is 11.5. The summed E-state index contributed by atoms with van der Waals surface area (Å²) in [7, 11) is 3.17. The van der Waals surface area contributed by atoms with Crippen molar-refractivity contribution >= 4 is 28.8 Å². The van der Waals surface area contributed by atoms with Crippen molar-refractivity contribution in [3.63, 3.8) is 0 Å². The van der Waals surface area contributed by atoms with E-state index in [4.69, 9.17) is 21.1 Å². The molecule has 0 saturated heterocycles. The summed E-state index contributed by atoms with van der Waals surface area (Å²) in [5, 5.41) is 5.92. The van der Waals surface area contributed by atoms with Crippen LogP contribution in [0, 0.1) is 0 Å². The van der Waals surface area contributed by atoms with Crippen LogP contribution in [0.15, 0.2) is 54.7 Å². The van der Waals surface area contributed by atoms with E-state index in [-0.39, 0.29) is 0 Å². The summed E-state index contributed by atoms with van der Waals surface area (Å²) < 4.78 is 12.8. The molecular formula is C21H16ClN3O3. The third-order valence-corrected chi connectivity index (χ3v) is 4.68. The van der Waals surface area contributed by atoms with Crippen molar-refractivity contribution in [3.05, 3.63) is 65.4 Å². The highest BCUT2D eigenvalue weighted by atomic mass is 35.5. The maximum Gasteiger partial charge on any atom is 0.170 e. The lowest BCUT2D eigenvalue weighted by Gasteiger charge is -2.15. The van der Waals surface area contributed by atoms with Crippen LogP contribution in [0.4, 0.5) is 0 Å². The van der Waals surface area contributed by atoms with Gasteiger partial charge >= 0.3 is 0 Å². The Morgan fingerprint density at radius 2 is 1.79 bits per heavy atom. The third-order valence-electron chi connectivity index (χ3n) is 4.44. The Hall–Kier alpha value is -3.38. The largest absolute Gasteiger partial charge is 0.496 e. The molecule has 0 aliphatic carbocycles. The molecule has 2 aromatic heterocycles. The van der Waals surface area contributed by atoms with Gasteiger partial charge in [-0.1, -0.05) is 17.7 Å². The maximum absolute atomic E-state index is 11.5. The van der Waals surface area contributed by atoms with Gasteiger partial charge in [-0.2, -0.15) is 5.10 Å². The lowest BCUT2D eigenvalue weighted by atomic mass is 10.1. The molecule has 0 atom stereocenters. The minimum absolute atomic E-state index is 0.293. The van der Waals surface area contributed by atoms with Gasteiger partial charge in [0, 0.05) is 16.6 Å². The molecule has 7 heteroatoms. The molecule has 0 fully saturated rings. The van der Waals surface area contributed by atoms with Crippen molar-refractivity contribution in [1.29, 1.82) is 0 Å². The first kappa shape index (κ1) is 18.0. The van der Waals surface area contributed by atoms with E-state index in [1.165, 1.54) is 0 Å². The first-order valence-corrected chi connectivity index (χ1v) is 8.85. The Kier molecular flexibility index (Phi) is 4.71. The summed E-state index contributed by atoms with van der Waals surface area (Å²) in [6.45, 7) is 0. The topological polar surface area (TPSA) is 66.2 Å². The average Bonchev–Trinajstić information content (AvgIpc) is 3.16. The second-order valence-corrected chi connectivity index (χ2v) is 6.45. The van der Waals surface area contributed by atoms with Gasteiger partial charge in [-0.05, 0) is 42.5 Å². The summed E-state index contributed by atoms with van der Waals surface area (Å²) in [5.74, 6) is 1.22. The standard InChI is InChI=1S/C21H16ClN3O3/c1-27-19-4-3-5-20(28-2)21(19)18-11-14(12-26)24-25(18)17-8-9-23-16-10-13(22)6-7-15(16)17/h3-12H,1-2H3. The Labute approximate surface area is 166 Å². The van der Waals surface area contributed by atoms with Crippen LogP contribution >= 0.6 is 11.6 Å². The number of aromatic nitrogens is 3. The van der Waals surface area contributed by atoms with E-state index >= 15 is 0 Å². The predicted molar refractivity (Wildman–Crippen MR) is 108 cm³/mol. The van der Waals surface area contributed by atoms with E-state index in [0.29, 0.717) is 39.8 Å². The number of carbonyl (C=O) groups excluding carboxylic acids is 1. The van der Waals surface area contributed by atoms with Crippen LogP contribution in [0.25, 0.3) is 27.8 Å². The summed E-state index contributed by atoms with van der Waals surface area (Å²) in [6, 6.07) is 14.5. The molecule has 2 heterocycles. The van der Waals surface area contributed by atoms with E-state index in [2.05, 4.69) is 10.1 Å². The number of benzene rings is 2. The van der Waals surface area contributed by atoms with Crippen LogP contribution in [0.1, 0.15) is 10.5 Å². The molecule has 0 N–H and O–H groups in total. The fourth-order valence-corrected chi connectivity index (χ4v) is 3.38. The molecule has 0 aliphatic rings. The second-order valence-electron chi connectivity index (χ2n) is 6.01. The fourth-order valence-electron chi connectivity index (χ4n) is 3.21. The van der Waals surface area contributed by atoms with E-state index in [9.17, 15) is 4.79 Å². The van der Waals surface area contributed by atoms with Crippen molar-refractivity contribution < 1.29 is 14.3 Å². The molecule has 4 rings (SSSR count). The highest BCUT2D eigenvalue weighted by Gasteiger charge is 2.20. The quantitative estimate of drug-likeness (QED) is 0.464. The van der Waals surface area contributed by atoms with Gasteiger partial charge in [0.25, 0.3) is 0 Å². The molecule has 0 bridgehead atoms. The van der Waals surface area contributed by atoms with E-state index in [1.54, 1.807) is 43.3 Å². The number of carbonyl (C=O) groups is 1. The van der Waals surface area contributed by atoms with Gasteiger partial charge < -0.3 is 9.47 Å². The number of ether oxygens (including phenoxy) is 2. The minimum Gasteiger partial charge on any atom is -0.496 e. The summed E-state index contributed by atoms with van der Waals surface area (Å²) in [6.07, 6.45) is 2.39. The fraction of sp³-hybridized carbons (Fsp3) is 0.0952. The number of pyridine rings is 1. The Balaban J connectivity index is 2.05. The van der Waals surface area contributed by atoms with Crippen molar-refractivity contribution in [3.8, 4) is 28.4 Å². The van der Waals surface area contributed by atoms with Crippen molar-refractivity contribution in [2.24, 2.45) is 0 Å². The van der Waals surface area contributed by atoms with Gasteiger partial charge in [-0.15, -0.1) is 0 Å². The summed E-state index contributed by atoms with van der Waals surface area (Å²) in [4.78, 5) is 15.9. The third kappa shape index (κ3) is 2.97. The Bertz CT molecular complexity index is 1160. The molecule has 4 aromatic rings. The molecular weight excluding hydrogens is 378 g/mol. The molecule has 0 unspecified atom stereocenters.